The molecule has 1 N–H and O–H groups in total. The zero-order chi connectivity index (χ0) is 9.73. The fraction of sp³-hybridized carbons (Fsp3) is 0.889. The summed E-state index contributed by atoms with van der Waals surface area (Å²) < 4.78 is 10.3. The Hall–Kier alpha value is -0.610. The number of carbonyl (C=O) groups is 1. The maximum Gasteiger partial charge on any atom is 0.338 e. The molecule has 0 unspecified atom stereocenters. The first-order valence-electron chi connectivity index (χ1n) is 4.68. The fourth-order valence-electron chi connectivity index (χ4n) is 1.70. The lowest BCUT2D eigenvalue weighted by Crippen LogP contribution is -2.50. The van der Waals surface area contributed by atoms with Crippen molar-refractivity contribution in [1.29, 1.82) is 0 Å². The van der Waals surface area contributed by atoms with Crippen molar-refractivity contribution >= 4 is 5.97 Å². The molecule has 0 aromatic carbocycles. The van der Waals surface area contributed by atoms with E-state index in [1.54, 1.807) is 0 Å². The number of nitrogens with one attached hydrogen (secondary N) is 1. The number of methoxy groups -OCH3 is 1. The van der Waals surface area contributed by atoms with Crippen molar-refractivity contribution < 1.29 is 14.3 Å². The van der Waals surface area contributed by atoms with Crippen LogP contribution in [0, 0.1) is 0 Å². The maximum absolute atomic E-state index is 11.5. The van der Waals surface area contributed by atoms with Gasteiger partial charge in [-0.2, -0.15) is 0 Å². The van der Waals surface area contributed by atoms with Crippen molar-refractivity contribution in [3.05, 3.63) is 0 Å². The Balaban J connectivity index is 2.66. The third kappa shape index (κ3) is 2.19. The van der Waals surface area contributed by atoms with Crippen LogP contribution in [0.2, 0.25) is 0 Å². The smallest absolute Gasteiger partial charge is 0.338 e. The molecule has 1 aliphatic rings. The monoisotopic (exact) mass is 187 g/mol. The Morgan fingerprint density at radius 1 is 1.46 bits per heavy atom. The van der Waals surface area contributed by atoms with Gasteiger partial charge in [0.25, 0.3) is 0 Å². The number of piperidine rings is 1. The summed E-state index contributed by atoms with van der Waals surface area (Å²) in [5.74, 6) is -0.240. The minimum Gasteiger partial charge on any atom is -0.467 e. The van der Waals surface area contributed by atoms with Gasteiger partial charge in [0.15, 0.2) is 5.60 Å². The summed E-state index contributed by atoms with van der Waals surface area (Å²) in [4.78, 5) is 11.5. The minimum atomic E-state index is -0.686. The van der Waals surface area contributed by atoms with E-state index < -0.39 is 5.60 Å². The van der Waals surface area contributed by atoms with Crippen LogP contribution in [0.5, 0.6) is 0 Å². The van der Waals surface area contributed by atoms with E-state index in [1.165, 1.54) is 7.11 Å². The number of rotatable bonds is 3. The van der Waals surface area contributed by atoms with Crippen molar-refractivity contribution in [1.82, 2.24) is 5.32 Å². The zero-order valence-corrected chi connectivity index (χ0v) is 8.26. The van der Waals surface area contributed by atoms with Gasteiger partial charge in [-0.15, -0.1) is 0 Å². The first-order chi connectivity index (χ1) is 6.25. The molecule has 1 aliphatic heterocycles. The first kappa shape index (κ1) is 10.5. The second kappa shape index (κ2) is 4.58. The van der Waals surface area contributed by atoms with E-state index in [0.29, 0.717) is 19.4 Å². The highest BCUT2D eigenvalue weighted by Gasteiger charge is 2.41. The average molecular weight is 187 g/mol. The van der Waals surface area contributed by atoms with E-state index in [4.69, 9.17) is 9.47 Å². The highest BCUT2D eigenvalue weighted by atomic mass is 16.6. The highest BCUT2D eigenvalue weighted by molar-refractivity contribution is 5.79. The molecule has 13 heavy (non-hydrogen) atoms. The van der Waals surface area contributed by atoms with Gasteiger partial charge in [-0.05, 0) is 32.9 Å². The molecule has 0 saturated carbocycles. The van der Waals surface area contributed by atoms with Gasteiger partial charge in [0.2, 0.25) is 0 Å². The molecule has 0 aromatic heterocycles. The van der Waals surface area contributed by atoms with Crippen molar-refractivity contribution in [3.8, 4) is 0 Å². The second-order valence-electron chi connectivity index (χ2n) is 3.17. The van der Waals surface area contributed by atoms with Crippen molar-refractivity contribution in [3.63, 3.8) is 0 Å². The second-order valence-corrected chi connectivity index (χ2v) is 3.17. The van der Waals surface area contributed by atoms with Crippen LogP contribution in [-0.4, -0.2) is 38.4 Å². The van der Waals surface area contributed by atoms with Gasteiger partial charge in [-0.25, -0.2) is 4.79 Å². The molecule has 0 aliphatic carbocycles. The molecule has 0 aromatic rings. The lowest BCUT2D eigenvalue weighted by atomic mass is 9.92. The molecule has 0 spiro atoms. The third-order valence-corrected chi connectivity index (χ3v) is 2.39. The normalized spacial score (nSPS) is 21.1. The number of hydrogen-bond donors (Lipinski definition) is 1. The summed E-state index contributed by atoms with van der Waals surface area (Å²) in [5, 5.41) is 3.19. The first-order valence-corrected chi connectivity index (χ1v) is 4.68. The van der Waals surface area contributed by atoms with E-state index >= 15 is 0 Å². The van der Waals surface area contributed by atoms with Crippen LogP contribution in [0.1, 0.15) is 19.8 Å². The molecule has 1 rings (SSSR count). The van der Waals surface area contributed by atoms with Gasteiger partial charge in [0, 0.05) is 6.61 Å². The Labute approximate surface area is 78.6 Å². The summed E-state index contributed by atoms with van der Waals surface area (Å²) in [6, 6.07) is 0. The van der Waals surface area contributed by atoms with E-state index in [9.17, 15) is 4.79 Å². The van der Waals surface area contributed by atoms with Crippen molar-refractivity contribution in [2.45, 2.75) is 25.4 Å². The molecule has 0 amide bonds. The van der Waals surface area contributed by atoms with Gasteiger partial charge in [-0.1, -0.05) is 0 Å². The van der Waals surface area contributed by atoms with Gasteiger partial charge in [0.1, 0.15) is 0 Å². The van der Waals surface area contributed by atoms with Gasteiger partial charge in [0.05, 0.1) is 7.11 Å². The van der Waals surface area contributed by atoms with Crippen LogP contribution >= 0.6 is 0 Å². The Kier molecular flexibility index (Phi) is 3.69. The highest BCUT2D eigenvalue weighted by Crippen LogP contribution is 2.24. The van der Waals surface area contributed by atoms with E-state index in [-0.39, 0.29) is 5.97 Å². The molecule has 0 radical (unpaired) electrons. The summed E-state index contributed by atoms with van der Waals surface area (Å²) in [6.45, 7) is 4.08. The van der Waals surface area contributed by atoms with Crippen LogP contribution in [0.3, 0.4) is 0 Å². The van der Waals surface area contributed by atoms with Crippen LogP contribution in [-0.2, 0) is 14.3 Å². The number of hydrogen-bond acceptors (Lipinski definition) is 4. The SMILES string of the molecule is CCOC1(C(=O)OC)CCNCC1. The molecule has 4 heteroatoms. The fourth-order valence-corrected chi connectivity index (χ4v) is 1.70. The van der Waals surface area contributed by atoms with E-state index in [2.05, 4.69) is 5.32 Å². The van der Waals surface area contributed by atoms with E-state index in [1.807, 2.05) is 6.92 Å². The largest absolute Gasteiger partial charge is 0.467 e. The van der Waals surface area contributed by atoms with Gasteiger partial charge >= 0.3 is 5.97 Å². The molecule has 4 nitrogen and oxygen atoms in total. The van der Waals surface area contributed by atoms with Gasteiger partial charge in [-0.3, -0.25) is 0 Å². The average Bonchev–Trinajstić information content (AvgIpc) is 2.18. The van der Waals surface area contributed by atoms with Crippen molar-refractivity contribution in [2.24, 2.45) is 0 Å². The molecular formula is C9H17NO3. The summed E-state index contributed by atoms with van der Waals surface area (Å²) in [5.41, 5.74) is -0.686. The molecule has 1 saturated heterocycles. The number of carbonyl (C=O) groups excluding carboxylic acids is 1. The van der Waals surface area contributed by atoms with Crippen LogP contribution in [0.15, 0.2) is 0 Å². The summed E-state index contributed by atoms with van der Waals surface area (Å²) >= 11 is 0. The minimum absolute atomic E-state index is 0.240. The maximum atomic E-state index is 11.5. The molecular weight excluding hydrogens is 170 g/mol. The predicted molar refractivity (Wildman–Crippen MR) is 48.5 cm³/mol. The number of ether oxygens (including phenoxy) is 2. The number of esters is 1. The topological polar surface area (TPSA) is 47.6 Å². The molecule has 0 atom stereocenters. The molecule has 76 valence electrons. The summed E-state index contributed by atoms with van der Waals surface area (Å²) in [6.07, 6.45) is 1.40. The molecule has 1 heterocycles. The lowest BCUT2D eigenvalue weighted by Gasteiger charge is -2.34. The van der Waals surface area contributed by atoms with Crippen LogP contribution in [0.25, 0.3) is 0 Å². The van der Waals surface area contributed by atoms with Gasteiger partial charge < -0.3 is 14.8 Å². The molecule has 1 fully saturated rings. The predicted octanol–water partition coefficient (Wildman–Crippen LogP) is 0.318. The Morgan fingerprint density at radius 3 is 2.54 bits per heavy atom. The van der Waals surface area contributed by atoms with E-state index in [0.717, 1.165) is 13.1 Å². The zero-order valence-electron chi connectivity index (χ0n) is 8.26. The summed E-state index contributed by atoms with van der Waals surface area (Å²) in [7, 11) is 1.41. The van der Waals surface area contributed by atoms with Crippen molar-refractivity contribution in [2.75, 3.05) is 26.8 Å². The quantitative estimate of drug-likeness (QED) is 0.646. The Morgan fingerprint density at radius 2 is 2.08 bits per heavy atom. The standard InChI is InChI=1S/C9H17NO3/c1-3-13-9(8(11)12-2)4-6-10-7-5-9/h10H,3-7H2,1-2H3. The van der Waals surface area contributed by atoms with Crippen LogP contribution < -0.4 is 5.32 Å². The van der Waals surface area contributed by atoms with Crippen LogP contribution in [0.4, 0.5) is 0 Å². The third-order valence-electron chi connectivity index (χ3n) is 2.39. The Bertz CT molecular complexity index is 170. The molecule has 0 bridgehead atoms. The lowest BCUT2D eigenvalue weighted by molar-refractivity contribution is -0.172.